The van der Waals surface area contributed by atoms with Crippen LogP contribution in [0.1, 0.15) is 15.9 Å². The fourth-order valence-corrected chi connectivity index (χ4v) is 2.12. The van der Waals surface area contributed by atoms with Crippen LogP contribution >= 0.6 is 0 Å². The zero-order chi connectivity index (χ0) is 15.9. The lowest BCUT2D eigenvalue weighted by Crippen LogP contribution is -2.30. The summed E-state index contributed by atoms with van der Waals surface area (Å²) < 4.78 is 0. The van der Waals surface area contributed by atoms with Crippen LogP contribution in [0, 0.1) is 0 Å². The van der Waals surface area contributed by atoms with Crippen LogP contribution in [0.5, 0.6) is 0 Å². The summed E-state index contributed by atoms with van der Waals surface area (Å²) in [6.07, 6.45) is -0.381. The molecule has 5 nitrogen and oxygen atoms in total. The van der Waals surface area contributed by atoms with Crippen LogP contribution in [0.25, 0.3) is 0 Å². The molecule has 114 valence electrons. The van der Waals surface area contributed by atoms with Gasteiger partial charge >= 0.3 is 6.09 Å². The van der Waals surface area contributed by atoms with Gasteiger partial charge in [0.05, 0.1) is 11.3 Å². The van der Waals surface area contributed by atoms with E-state index in [1.165, 1.54) is 7.05 Å². The van der Waals surface area contributed by atoms with Gasteiger partial charge < -0.3 is 10.4 Å². The van der Waals surface area contributed by atoms with E-state index in [9.17, 15) is 9.59 Å². The highest BCUT2D eigenvalue weighted by Gasteiger charge is 2.17. The first-order valence-corrected chi connectivity index (χ1v) is 6.97. The molecule has 22 heavy (non-hydrogen) atoms. The van der Waals surface area contributed by atoms with Crippen LogP contribution in [0.2, 0.25) is 0 Å². The molecule has 0 bridgehead atoms. The van der Waals surface area contributed by atoms with Gasteiger partial charge in [0, 0.05) is 13.6 Å². The second kappa shape index (κ2) is 7.26. The van der Waals surface area contributed by atoms with Crippen LogP contribution in [0.15, 0.2) is 54.6 Å². The van der Waals surface area contributed by atoms with Gasteiger partial charge in [0.1, 0.15) is 0 Å². The summed E-state index contributed by atoms with van der Waals surface area (Å²) in [5, 5.41) is 11.9. The van der Waals surface area contributed by atoms with E-state index < -0.39 is 6.09 Å². The van der Waals surface area contributed by atoms with Crippen LogP contribution in [-0.4, -0.2) is 30.7 Å². The number of carbonyl (C=O) groups is 2. The van der Waals surface area contributed by atoms with E-state index in [0.29, 0.717) is 17.8 Å². The summed E-state index contributed by atoms with van der Waals surface area (Å²) in [6.45, 7) is 0.494. The Bertz CT molecular complexity index is 656. The molecule has 0 aliphatic heterocycles. The number of carboxylic acid groups (broad SMARTS) is 1. The minimum absolute atomic E-state index is 0.278. The summed E-state index contributed by atoms with van der Waals surface area (Å²) in [4.78, 5) is 24.4. The first-order chi connectivity index (χ1) is 10.6. The second-order valence-electron chi connectivity index (χ2n) is 4.85. The Morgan fingerprint density at radius 3 is 2.36 bits per heavy atom. The topological polar surface area (TPSA) is 69.6 Å². The molecule has 2 rings (SSSR count). The highest BCUT2D eigenvalue weighted by atomic mass is 16.4. The molecule has 0 aromatic heterocycles. The van der Waals surface area contributed by atoms with Crippen molar-refractivity contribution in [2.24, 2.45) is 0 Å². The number of rotatable bonds is 5. The maximum atomic E-state index is 12.3. The highest BCUT2D eigenvalue weighted by molar-refractivity contribution is 6.02. The average Bonchev–Trinajstić information content (AvgIpc) is 2.55. The van der Waals surface area contributed by atoms with Crippen molar-refractivity contribution in [2.45, 2.75) is 6.42 Å². The summed E-state index contributed by atoms with van der Waals surface area (Å²) in [5.74, 6) is -0.278. The van der Waals surface area contributed by atoms with Crippen molar-refractivity contribution in [3.05, 3.63) is 65.7 Å². The van der Waals surface area contributed by atoms with Gasteiger partial charge in [-0.05, 0) is 24.1 Å². The third kappa shape index (κ3) is 3.85. The minimum atomic E-state index is -1.11. The normalized spacial score (nSPS) is 10.0. The molecule has 0 unspecified atom stereocenters. The lowest BCUT2D eigenvalue weighted by Gasteiger charge is -2.17. The first-order valence-electron chi connectivity index (χ1n) is 6.97. The van der Waals surface area contributed by atoms with Gasteiger partial charge in [-0.25, -0.2) is 4.79 Å². The summed E-state index contributed by atoms with van der Waals surface area (Å²) >= 11 is 0. The number of nitrogens with one attached hydrogen (secondary N) is 1. The molecule has 2 N–H and O–H groups in total. The minimum Gasteiger partial charge on any atom is -0.465 e. The number of hydrogen-bond donors (Lipinski definition) is 2. The van der Waals surface area contributed by atoms with Crippen LogP contribution < -0.4 is 10.2 Å². The average molecular weight is 298 g/mol. The molecule has 2 amide bonds. The fourth-order valence-electron chi connectivity index (χ4n) is 2.12. The Morgan fingerprint density at radius 1 is 1.05 bits per heavy atom. The Kier molecular flexibility index (Phi) is 5.14. The largest absolute Gasteiger partial charge is 0.465 e. The zero-order valence-electron chi connectivity index (χ0n) is 12.3. The van der Waals surface area contributed by atoms with Gasteiger partial charge in [-0.3, -0.25) is 9.69 Å². The molecule has 2 aromatic rings. The van der Waals surface area contributed by atoms with Crippen molar-refractivity contribution in [3.63, 3.8) is 0 Å². The number of para-hydroxylation sites is 1. The second-order valence-corrected chi connectivity index (χ2v) is 4.85. The Hall–Kier alpha value is -2.82. The van der Waals surface area contributed by atoms with Crippen molar-refractivity contribution in [2.75, 3.05) is 18.5 Å². The smallest absolute Gasteiger partial charge is 0.411 e. The Balaban J connectivity index is 2.02. The lowest BCUT2D eigenvalue weighted by molar-refractivity contribution is 0.0955. The summed E-state index contributed by atoms with van der Waals surface area (Å²) in [6, 6.07) is 16.5. The predicted molar refractivity (Wildman–Crippen MR) is 85.3 cm³/mol. The van der Waals surface area contributed by atoms with E-state index in [1.807, 2.05) is 30.3 Å². The zero-order valence-corrected chi connectivity index (χ0v) is 12.3. The number of carbonyl (C=O) groups excluding carboxylic acids is 1. The SMILES string of the molecule is CN(C(=O)O)c1ccccc1C(=O)NCCc1ccccc1. The van der Waals surface area contributed by atoms with Crippen molar-refractivity contribution >= 4 is 17.7 Å². The number of hydrogen-bond acceptors (Lipinski definition) is 2. The lowest BCUT2D eigenvalue weighted by atomic mass is 10.1. The van der Waals surface area contributed by atoms with Crippen LogP contribution in [-0.2, 0) is 6.42 Å². The Morgan fingerprint density at radius 2 is 1.68 bits per heavy atom. The third-order valence-corrected chi connectivity index (χ3v) is 3.34. The molecule has 0 heterocycles. The molecule has 0 saturated heterocycles. The van der Waals surface area contributed by atoms with Gasteiger partial charge in [0.2, 0.25) is 0 Å². The van der Waals surface area contributed by atoms with E-state index in [-0.39, 0.29) is 5.91 Å². The standard InChI is InChI=1S/C17H18N2O3/c1-19(17(21)22)15-10-6-5-9-14(15)16(20)18-12-11-13-7-3-2-4-8-13/h2-10H,11-12H2,1H3,(H,18,20)(H,21,22). The van der Waals surface area contributed by atoms with Gasteiger partial charge in [-0.2, -0.15) is 0 Å². The van der Waals surface area contributed by atoms with Crippen LogP contribution in [0.3, 0.4) is 0 Å². The number of amides is 2. The molecule has 0 saturated carbocycles. The third-order valence-electron chi connectivity index (χ3n) is 3.34. The molecular weight excluding hydrogens is 280 g/mol. The van der Waals surface area contributed by atoms with E-state index in [0.717, 1.165) is 16.9 Å². The van der Waals surface area contributed by atoms with Crippen molar-refractivity contribution in [1.82, 2.24) is 5.32 Å². The van der Waals surface area contributed by atoms with Gasteiger partial charge in [0.15, 0.2) is 0 Å². The maximum Gasteiger partial charge on any atom is 0.411 e. The van der Waals surface area contributed by atoms with Crippen molar-refractivity contribution < 1.29 is 14.7 Å². The summed E-state index contributed by atoms with van der Waals surface area (Å²) in [5.41, 5.74) is 1.85. The van der Waals surface area contributed by atoms with Crippen molar-refractivity contribution in [3.8, 4) is 0 Å². The van der Waals surface area contributed by atoms with E-state index >= 15 is 0 Å². The molecule has 0 aliphatic carbocycles. The Labute approximate surface area is 129 Å². The summed E-state index contributed by atoms with van der Waals surface area (Å²) in [7, 11) is 1.42. The first kappa shape index (κ1) is 15.6. The molecule has 0 fully saturated rings. The van der Waals surface area contributed by atoms with Gasteiger partial charge in [-0.15, -0.1) is 0 Å². The molecule has 0 spiro atoms. The fraction of sp³-hybridized carbons (Fsp3) is 0.176. The molecule has 0 aliphatic rings. The maximum absolute atomic E-state index is 12.3. The van der Waals surface area contributed by atoms with Gasteiger partial charge in [-0.1, -0.05) is 42.5 Å². The predicted octanol–water partition coefficient (Wildman–Crippen LogP) is 2.77. The van der Waals surface area contributed by atoms with E-state index in [2.05, 4.69) is 5.32 Å². The molecule has 0 atom stereocenters. The van der Waals surface area contributed by atoms with Gasteiger partial charge in [0.25, 0.3) is 5.91 Å². The van der Waals surface area contributed by atoms with E-state index in [4.69, 9.17) is 5.11 Å². The number of nitrogens with zero attached hydrogens (tertiary/aromatic N) is 1. The molecular formula is C17H18N2O3. The van der Waals surface area contributed by atoms with Crippen molar-refractivity contribution in [1.29, 1.82) is 0 Å². The quantitative estimate of drug-likeness (QED) is 0.891. The number of benzene rings is 2. The highest BCUT2D eigenvalue weighted by Crippen LogP contribution is 2.19. The molecule has 5 heteroatoms. The number of anilines is 1. The van der Waals surface area contributed by atoms with E-state index in [1.54, 1.807) is 24.3 Å². The molecule has 2 aromatic carbocycles. The van der Waals surface area contributed by atoms with Crippen LogP contribution in [0.4, 0.5) is 10.5 Å². The molecule has 0 radical (unpaired) electrons. The monoisotopic (exact) mass is 298 g/mol.